The Kier molecular flexibility index (Phi) is 9.82. The van der Waals surface area contributed by atoms with Gasteiger partial charge in [0.2, 0.25) is 5.91 Å². The van der Waals surface area contributed by atoms with E-state index in [0.29, 0.717) is 24.6 Å². The lowest BCUT2D eigenvalue weighted by Crippen LogP contribution is -2.44. The molecule has 0 atom stereocenters. The van der Waals surface area contributed by atoms with Crippen molar-refractivity contribution in [2.24, 2.45) is 5.92 Å². The normalized spacial score (nSPS) is 15.8. The third-order valence-electron chi connectivity index (χ3n) is 7.49. The Labute approximate surface area is 242 Å². The average Bonchev–Trinajstić information content (AvgIpc) is 3.13. The van der Waals surface area contributed by atoms with E-state index in [1.807, 2.05) is 65.8 Å². The molecule has 1 N–H and O–H groups in total. The molecular formula is C31H33F3N4O4. The highest BCUT2D eigenvalue weighted by Gasteiger charge is 2.38. The molecule has 0 aliphatic carbocycles. The Morgan fingerprint density at radius 2 is 1.57 bits per heavy atom. The van der Waals surface area contributed by atoms with Crippen LogP contribution < -0.4 is 9.80 Å². The molecule has 0 radical (unpaired) electrons. The molecule has 0 saturated carbocycles. The number of alkyl halides is 3. The summed E-state index contributed by atoms with van der Waals surface area (Å²) in [5, 5.41) is 7.12. The van der Waals surface area contributed by atoms with Gasteiger partial charge in [0, 0.05) is 55.5 Å². The van der Waals surface area contributed by atoms with Crippen molar-refractivity contribution in [2.75, 3.05) is 36.0 Å². The lowest BCUT2D eigenvalue weighted by molar-refractivity contribution is -0.192. The van der Waals surface area contributed by atoms with Crippen molar-refractivity contribution in [3.63, 3.8) is 0 Å². The van der Waals surface area contributed by atoms with Gasteiger partial charge < -0.3 is 19.8 Å². The van der Waals surface area contributed by atoms with Crippen LogP contribution in [0.3, 0.4) is 0 Å². The van der Waals surface area contributed by atoms with Crippen LogP contribution in [0.4, 0.5) is 24.5 Å². The van der Waals surface area contributed by atoms with Crippen molar-refractivity contribution in [2.45, 2.75) is 38.9 Å². The number of amides is 2. The molecule has 222 valence electrons. The maximum atomic E-state index is 13.5. The Morgan fingerprint density at radius 3 is 2.17 bits per heavy atom. The fraction of sp³-hybridized carbons (Fsp3) is 0.355. The minimum atomic E-state index is -5.08. The molecule has 2 aliphatic rings. The van der Waals surface area contributed by atoms with E-state index in [-0.39, 0.29) is 18.4 Å². The number of aryl methyl sites for hydroxylation is 1. The second kappa shape index (κ2) is 13.5. The fourth-order valence-electron chi connectivity index (χ4n) is 5.15. The van der Waals surface area contributed by atoms with E-state index in [4.69, 9.17) is 9.90 Å². The summed E-state index contributed by atoms with van der Waals surface area (Å²) in [5.74, 6) is -2.44. The first-order valence-electron chi connectivity index (χ1n) is 13.8. The van der Waals surface area contributed by atoms with Gasteiger partial charge in [0.25, 0.3) is 5.91 Å². The smallest absolute Gasteiger partial charge is 0.475 e. The predicted molar refractivity (Wildman–Crippen MR) is 152 cm³/mol. The molecule has 42 heavy (non-hydrogen) atoms. The molecular weight excluding hydrogens is 549 g/mol. The van der Waals surface area contributed by atoms with Gasteiger partial charge in [0.15, 0.2) is 0 Å². The number of rotatable bonds is 5. The first kappa shape index (κ1) is 30.5. The van der Waals surface area contributed by atoms with Crippen LogP contribution in [0.1, 0.15) is 41.3 Å². The number of benzene rings is 2. The lowest BCUT2D eigenvalue weighted by Gasteiger charge is -2.36. The van der Waals surface area contributed by atoms with Gasteiger partial charge in [-0.1, -0.05) is 37.3 Å². The van der Waals surface area contributed by atoms with E-state index in [2.05, 4.69) is 28.9 Å². The number of anilines is 2. The summed E-state index contributed by atoms with van der Waals surface area (Å²) in [6.07, 6.45) is 1.57. The summed E-state index contributed by atoms with van der Waals surface area (Å²) < 4.78 is 31.7. The van der Waals surface area contributed by atoms with Crippen molar-refractivity contribution in [1.82, 2.24) is 9.88 Å². The van der Waals surface area contributed by atoms with E-state index >= 15 is 0 Å². The first-order chi connectivity index (χ1) is 20.1. The van der Waals surface area contributed by atoms with Gasteiger partial charge in [0.1, 0.15) is 6.54 Å². The summed E-state index contributed by atoms with van der Waals surface area (Å²) >= 11 is 0. The number of aliphatic carboxylic acids is 1. The number of carboxylic acid groups (broad SMARTS) is 1. The van der Waals surface area contributed by atoms with Crippen molar-refractivity contribution in [3.8, 4) is 0 Å². The molecule has 1 fully saturated rings. The van der Waals surface area contributed by atoms with Crippen LogP contribution in [-0.4, -0.2) is 65.1 Å². The molecule has 5 rings (SSSR count). The molecule has 0 unspecified atom stereocenters. The fourth-order valence-corrected chi connectivity index (χ4v) is 5.15. The van der Waals surface area contributed by atoms with E-state index < -0.39 is 12.1 Å². The summed E-state index contributed by atoms with van der Waals surface area (Å²) in [4.78, 5) is 45.8. The van der Waals surface area contributed by atoms with Crippen LogP contribution in [0.15, 0.2) is 73.1 Å². The quantitative estimate of drug-likeness (QED) is 0.446. The van der Waals surface area contributed by atoms with Crippen LogP contribution in [0, 0.1) is 5.92 Å². The Hall–Kier alpha value is -4.41. The highest BCUT2D eigenvalue weighted by molar-refractivity contribution is 6.02. The number of carbonyl (C=O) groups is 3. The molecule has 11 heteroatoms. The molecule has 3 heterocycles. The molecule has 0 bridgehead atoms. The Morgan fingerprint density at radius 1 is 0.952 bits per heavy atom. The Balaban J connectivity index is 0.000000517. The van der Waals surface area contributed by atoms with Gasteiger partial charge in [0.05, 0.1) is 0 Å². The average molecular weight is 583 g/mol. The number of para-hydroxylation sites is 1. The molecule has 3 aromatic rings. The number of piperidine rings is 1. The van der Waals surface area contributed by atoms with Gasteiger partial charge in [-0.2, -0.15) is 13.2 Å². The minimum absolute atomic E-state index is 0.00922. The number of halogens is 3. The third-order valence-corrected chi connectivity index (χ3v) is 7.49. The van der Waals surface area contributed by atoms with Crippen LogP contribution in [0.5, 0.6) is 0 Å². The first-order valence-corrected chi connectivity index (χ1v) is 13.8. The van der Waals surface area contributed by atoms with Gasteiger partial charge in [-0.3, -0.25) is 14.6 Å². The van der Waals surface area contributed by atoms with Crippen LogP contribution in [0.2, 0.25) is 0 Å². The van der Waals surface area contributed by atoms with E-state index in [0.717, 1.165) is 43.6 Å². The summed E-state index contributed by atoms with van der Waals surface area (Å²) in [6, 6.07) is 19.8. The number of pyridine rings is 1. The molecule has 1 aromatic heterocycles. The Bertz CT molecular complexity index is 1370. The molecule has 2 aromatic carbocycles. The summed E-state index contributed by atoms with van der Waals surface area (Å²) in [5.41, 5.74) is 4.98. The van der Waals surface area contributed by atoms with Gasteiger partial charge in [-0.15, -0.1) is 0 Å². The standard InChI is InChI=1S/C29H32N4O2.C2HF3O2/c1-2-22-7-9-24(10-8-22)29(35)32-20-25-5-3-4-6-27(25)33(28(34)21-32)19-23-13-17-31(18-14-23)26-11-15-30-16-12-26;3-2(4,5)1(6)7/h3-12,15-16,23H,2,13-14,17-21H2,1H3;(H,6,7). The van der Waals surface area contributed by atoms with Gasteiger partial charge in [-0.25, -0.2) is 4.79 Å². The minimum Gasteiger partial charge on any atom is -0.475 e. The van der Waals surface area contributed by atoms with Crippen molar-refractivity contribution >= 4 is 29.2 Å². The zero-order valence-electron chi connectivity index (χ0n) is 23.3. The molecule has 2 aliphatic heterocycles. The van der Waals surface area contributed by atoms with Gasteiger partial charge >= 0.3 is 12.1 Å². The van der Waals surface area contributed by atoms with Crippen molar-refractivity contribution < 1.29 is 32.7 Å². The number of fused-ring (bicyclic) bond motifs is 1. The SMILES string of the molecule is CCc1ccc(C(=O)N2CC(=O)N(CC3CCN(c4ccncc4)CC3)c3ccccc3C2)cc1.O=C(O)C(F)(F)F. The largest absolute Gasteiger partial charge is 0.490 e. The molecule has 1 saturated heterocycles. The lowest BCUT2D eigenvalue weighted by atomic mass is 9.95. The number of hydrogen-bond acceptors (Lipinski definition) is 5. The van der Waals surface area contributed by atoms with Crippen molar-refractivity contribution in [1.29, 1.82) is 0 Å². The van der Waals surface area contributed by atoms with Crippen LogP contribution in [-0.2, 0) is 22.6 Å². The molecule has 0 spiro atoms. The highest BCUT2D eigenvalue weighted by Crippen LogP contribution is 2.30. The van der Waals surface area contributed by atoms with E-state index in [9.17, 15) is 22.8 Å². The monoisotopic (exact) mass is 582 g/mol. The van der Waals surface area contributed by atoms with Gasteiger partial charge in [-0.05, 0) is 66.6 Å². The van der Waals surface area contributed by atoms with E-state index in [1.165, 1.54) is 11.3 Å². The maximum absolute atomic E-state index is 13.5. The number of hydrogen-bond donors (Lipinski definition) is 1. The topological polar surface area (TPSA) is 94.1 Å². The summed E-state index contributed by atoms with van der Waals surface area (Å²) in [6.45, 7) is 5.26. The second-order valence-electron chi connectivity index (χ2n) is 10.3. The zero-order valence-corrected chi connectivity index (χ0v) is 23.3. The number of carbonyl (C=O) groups excluding carboxylic acids is 2. The molecule has 2 amide bonds. The summed E-state index contributed by atoms with van der Waals surface area (Å²) in [7, 11) is 0. The third kappa shape index (κ3) is 7.65. The highest BCUT2D eigenvalue weighted by atomic mass is 19.4. The second-order valence-corrected chi connectivity index (χ2v) is 10.3. The number of carboxylic acids is 1. The van der Waals surface area contributed by atoms with E-state index in [1.54, 1.807) is 4.90 Å². The maximum Gasteiger partial charge on any atom is 0.490 e. The van der Waals surface area contributed by atoms with Crippen LogP contribution in [0.25, 0.3) is 0 Å². The molecule has 8 nitrogen and oxygen atoms in total. The zero-order chi connectivity index (χ0) is 30.3. The van der Waals surface area contributed by atoms with Crippen molar-refractivity contribution in [3.05, 3.63) is 89.7 Å². The number of nitrogens with zero attached hydrogens (tertiary/aromatic N) is 4. The predicted octanol–water partition coefficient (Wildman–Crippen LogP) is 5.18. The van der Waals surface area contributed by atoms with Crippen LogP contribution >= 0.6 is 0 Å². The number of aromatic nitrogens is 1.